The zero-order chi connectivity index (χ0) is 29.1. The van der Waals surface area contributed by atoms with Gasteiger partial charge in [-0.15, -0.1) is 0 Å². The van der Waals surface area contributed by atoms with Gasteiger partial charge in [-0.25, -0.2) is 9.18 Å². The number of piperidine rings is 1. The summed E-state index contributed by atoms with van der Waals surface area (Å²) in [7, 11) is 2.83. The number of ether oxygens (including phenoxy) is 4. The molecule has 3 aromatic rings. The number of nitrogens with zero attached hydrogens (tertiary/aromatic N) is 1. The lowest BCUT2D eigenvalue weighted by molar-refractivity contribution is -0.136. The van der Waals surface area contributed by atoms with Crippen molar-refractivity contribution in [3.8, 4) is 23.0 Å². The quantitative estimate of drug-likeness (QED) is 0.391. The Morgan fingerprint density at radius 3 is 2.49 bits per heavy atom. The van der Waals surface area contributed by atoms with Crippen LogP contribution in [0.2, 0.25) is 0 Å². The van der Waals surface area contributed by atoms with E-state index in [0.29, 0.717) is 34.1 Å². The second-order valence-electron chi connectivity index (χ2n) is 9.31. The maximum absolute atomic E-state index is 13.3. The smallest absolute Gasteiger partial charge is 0.412 e. The molecule has 1 unspecified atom stereocenters. The first-order chi connectivity index (χ1) is 19.8. The zero-order valence-electron chi connectivity index (χ0n) is 22.2. The van der Waals surface area contributed by atoms with E-state index < -0.39 is 23.9 Å². The molecule has 2 aliphatic heterocycles. The van der Waals surface area contributed by atoms with Gasteiger partial charge in [0.1, 0.15) is 41.5 Å². The van der Waals surface area contributed by atoms with Gasteiger partial charge in [0.05, 0.1) is 25.5 Å². The number of halogens is 1. The number of carbonyl (C=O) groups is 4. The molecule has 12 heteroatoms. The average Bonchev–Trinajstić information content (AvgIpc) is 3.29. The number of hydrogen-bond donors (Lipinski definition) is 2. The molecular formula is C29H26FN3O8. The summed E-state index contributed by atoms with van der Waals surface area (Å²) in [5.41, 5.74) is 1.73. The second-order valence-corrected chi connectivity index (χ2v) is 9.31. The van der Waals surface area contributed by atoms with Crippen LogP contribution < -0.4 is 24.8 Å². The standard InChI is InChI=1S/C29H26FN3O8/c1-38-23-13-20(41-19-7-5-18(30)6-8-19)9-10-21(23)31-29(37)40-15-17-4-3-16-14-33(28(36)25(16)26(17)39-2)22-11-12-24(34)32-27(22)35/h3-10,13,22H,11-12,14-15H2,1-2H3,(H,31,37)(H,32,34,35). The fourth-order valence-corrected chi connectivity index (χ4v) is 4.78. The van der Waals surface area contributed by atoms with Crippen molar-refractivity contribution in [3.63, 3.8) is 0 Å². The summed E-state index contributed by atoms with van der Waals surface area (Å²) in [6.07, 6.45) is -0.392. The fourth-order valence-electron chi connectivity index (χ4n) is 4.78. The second kappa shape index (κ2) is 11.5. The fraction of sp³-hybridized carbons (Fsp3) is 0.241. The molecule has 0 saturated carbocycles. The van der Waals surface area contributed by atoms with Crippen molar-refractivity contribution in [2.24, 2.45) is 0 Å². The molecule has 0 aliphatic carbocycles. The van der Waals surface area contributed by atoms with Crippen molar-refractivity contribution < 1.29 is 42.5 Å². The summed E-state index contributed by atoms with van der Waals surface area (Å²) < 4.78 is 35.1. The van der Waals surface area contributed by atoms with E-state index in [4.69, 9.17) is 18.9 Å². The number of nitrogens with one attached hydrogen (secondary N) is 2. The van der Waals surface area contributed by atoms with E-state index in [0.717, 1.165) is 0 Å². The summed E-state index contributed by atoms with van der Waals surface area (Å²) in [5, 5.41) is 4.88. The van der Waals surface area contributed by atoms with Gasteiger partial charge in [-0.1, -0.05) is 12.1 Å². The number of hydrogen-bond acceptors (Lipinski definition) is 8. The minimum absolute atomic E-state index is 0.149. The van der Waals surface area contributed by atoms with Crippen LogP contribution in [0.3, 0.4) is 0 Å². The first-order valence-electron chi connectivity index (χ1n) is 12.7. The Bertz CT molecular complexity index is 1530. The van der Waals surface area contributed by atoms with Gasteiger partial charge in [-0.2, -0.15) is 0 Å². The van der Waals surface area contributed by atoms with Crippen molar-refractivity contribution in [1.82, 2.24) is 10.2 Å². The molecule has 4 amide bonds. The number of imide groups is 1. The van der Waals surface area contributed by atoms with E-state index in [1.54, 1.807) is 30.3 Å². The molecule has 2 heterocycles. The number of benzene rings is 3. The third kappa shape index (κ3) is 5.76. The van der Waals surface area contributed by atoms with E-state index in [-0.39, 0.29) is 49.0 Å². The highest BCUT2D eigenvalue weighted by Gasteiger charge is 2.41. The molecule has 2 aliphatic rings. The third-order valence-corrected chi connectivity index (χ3v) is 6.75. The molecule has 1 saturated heterocycles. The summed E-state index contributed by atoms with van der Waals surface area (Å²) >= 11 is 0. The van der Waals surface area contributed by atoms with Crippen molar-refractivity contribution in [3.05, 3.63) is 77.1 Å². The van der Waals surface area contributed by atoms with Gasteiger partial charge in [-0.3, -0.25) is 25.0 Å². The van der Waals surface area contributed by atoms with Gasteiger partial charge < -0.3 is 23.8 Å². The largest absolute Gasteiger partial charge is 0.495 e. The van der Waals surface area contributed by atoms with Gasteiger partial charge in [0, 0.05) is 24.6 Å². The van der Waals surface area contributed by atoms with Crippen LogP contribution in [0.15, 0.2) is 54.6 Å². The van der Waals surface area contributed by atoms with E-state index in [1.807, 2.05) is 0 Å². The molecule has 1 atom stereocenters. The average molecular weight is 564 g/mol. The van der Waals surface area contributed by atoms with E-state index in [9.17, 15) is 23.6 Å². The lowest BCUT2D eigenvalue weighted by atomic mass is 10.0. The normalized spacial score (nSPS) is 16.1. The molecule has 41 heavy (non-hydrogen) atoms. The molecular weight excluding hydrogens is 537 g/mol. The van der Waals surface area contributed by atoms with Gasteiger partial charge in [-0.05, 0) is 48.4 Å². The zero-order valence-corrected chi connectivity index (χ0v) is 22.2. The monoisotopic (exact) mass is 563 g/mol. The Balaban J connectivity index is 1.24. The van der Waals surface area contributed by atoms with E-state index in [2.05, 4.69) is 10.6 Å². The van der Waals surface area contributed by atoms with Crippen LogP contribution in [0.4, 0.5) is 14.9 Å². The molecule has 0 radical (unpaired) electrons. The van der Waals surface area contributed by atoms with Gasteiger partial charge >= 0.3 is 6.09 Å². The van der Waals surface area contributed by atoms with Gasteiger partial charge in [0.2, 0.25) is 11.8 Å². The van der Waals surface area contributed by atoms with Crippen molar-refractivity contribution in [1.29, 1.82) is 0 Å². The maximum atomic E-state index is 13.3. The van der Waals surface area contributed by atoms with E-state index in [1.165, 1.54) is 43.4 Å². The van der Waals surface area contributed by atoms with Gasteiger partial charge in [0.15, 0.2) is 0 Å². The predicted octanol–water partition coefficient (Wildman–Crippen LogP) is 4.14. The van der Waals surface area contributed by atoms with Crippen molar-refractivity contribution in [2.45, 2.75) is 32.0 Å². The minimum atomic E-state index is -0.783. The third-order valence-electron chi connectivity index (χ3n) is 6.75. The molecule has 0 spiro atoms. The number of amides is 4. The minimum Gasteiger partial charge on any atom is -0.495 e. The Morgan fingerprint density at radius 1 is 1.02 bits per heavy atom. The number of fused-ring (bicyclic) bond motifs is 1. The van der Waals surface area contributed by atoms with Crippen LogP contribution in [0.5, 0.6) is 23.0 Å². The molecule has 0 bridgehead atoms. The summed E-state index contributed by atoms with van der Waals surface area (Å²) in [5.74, 6) is -0.270. The SMILES string of the molecule is COc1cc(Oc2ccc(F)cc2)ccc1NC(=O)OCc1ccc2c(c1OC)C(=O)N(C1CCC(=O)NC1=O)C2. The molecule has 2 N–H and O–H groups in total. The van der Waals surface area contributed by atoms with Crippen LogP contribution in [0.25, 0.3) is 0 Å². The summed E-state index contributed by atoms with van der Waals surface area (Å²) in [6, 6.07) is 12.9. The van der Waals surface area contributed by atoms with E-state index >= 15 is 0 Å². The first-order valence-corrected chi connectivity index (χ1v) is 12.7. The van der Waals surface area contributed by atoms with Crippen LogP contribution in [0.1, 0.15) is 34.3 Å². The topological polar surface area (TPSA) is 132 Å². The lowest BCUT2D eigenvalue weighted by Gasteiger charge is -2.29. The summed E-state index contributed by atoms with van der Waals surface area (Å²) in [6.45, 7) is -0.0127. The highest BCUT2D eigenvalue weighted by atomic mass is 19.1. The van der Waals surface area contributed by atoms with Crippen LogP contribution in [-0.2, 0) is 27.5 Å². The molecule has 212 valence electrons. The number of methoxy groups -OCH3 is 2. The van der Waals surface area contributed by atoms with Crippen LogP contribution >= 0.6 is 0 Å². The Hall–Kier alpha value is -5.13. The number of rotatable bonds is 8. The maximum Gasteiger partial charge on any atom is 0.412 e. The van der Waals surface area contributed by atoms with Crippen molar-refractivity contribution in [2.75, 3.05) is 19.5 Å². The first kappa shape index (κ1) is 27.4. The highest BCUT2D eigenvalue weighted by molar-refractivity contribution is 6.06. The Kier molecular flexibility index (Phi) is 7.72. The highest BCUT2D eigenvalue weighted by Crippen LogP contribution is 2.37. The van der Waals surface area contributed by atoms with Crippen molar-refractivity contribution >= 4 is 29.5 Å². The molecule has 3 aromatic carbocycles. The van der Waals surface area contributed by atoms with Crippen LogP contribution in [-0.4, -0.2) is 49.0 Å². The Labute approximate surface area is 234 Å². The Morgan fingerprint density at radius 2 is 1.78 bits per heavy atom. The number of carbonyl (C=O) groups excluding carboxylic acids is 4. The molecule has 11 nitrogen and oxygen atoms in total. The van der Waals surface area contributed by atoms with Crippen LogP contribution in [0, 0.1) is 5.82 Å². The summed E-state index contributed by atoms with van der Waals surface area (Å²) in [4.78, 5) is 51.2. The lowest BCUT2D eigenvalue weighted by Crippen LogP contribution is -2.52. The molecule has 5 rings (SSSR count). The van der Waals surface area contributed by atoms with Gasteiger partial charge in [0.25, 0.3) is 5.91 Å². The predicted molar refractivity (Wildman–Crippen MR) is 142 cm³/mol. The molecule has 0 aromatic heterocycles. The number of anilines is 1. The molecule has 1 fully saturated rings.